The molecule has 0 bridgehead atoms. The summed E-state index contributed by atoms with van der Waals surface area (Å²) in [5, 5.41) is 0. The molecule has 24 heavy (non-hydrogen) atoms. The lowest BCUT2D eigenvalue weighted by atomic mass is 9.93. The van der Waals surface area contributed by atoms with Crippen molar-refractivity contribution in [2.75, 3.05) is 7.11 Å². The van der Waals surface area contributed by atoms with Gasteiger partial charge in [-0.05, 0) is 37.0 Å². The van der Waals surface area contributed by atoms with Crippen LogP contribution in [0.15, 0.2) is 36.4 Å². The van der Waals surface area contributed by atoms with Crippen molar-refractivity contribution >= 4 is 11.0 Å². The fourth-order valence-corrected chi connectivity index (χ4v) is 3.56. The SMILES string of the molecule is COCc1cc2c(nc(C)n2C)c2c1CCC(c1ccccc1)O2. The summed E-state index contributed by atoms with van der Waals surface area (Å²) in [4.78, 5) is 4.75. The zero-order valence-corrected chi connectivity index (χ0v) is 14.4. The number of fused-ring (bicyclic) bond motifs is 3. The number of aryl methyl sites for hydroxylation is 2. The van der Waals surface area contributed by atoms with Gasteiger partial charge in [-0.2, -0.15) is 0 Å². The number of hydrogen-bond donors (Lipinski definition) is 0. The van der Waals surface area contributed by atoms with Crippen LogP contribution in [0.25, 0.3) is 11.0 Å². The molecular formula is C20H22N2O2. The topological polar surface area (TPSA) is 36.3 Å². The molecule has 4 heteroatoms. The molecule has 0 radical (unpaired) electrons. The highest BCUT2D eigenvalue weighted by molar-refractivity contribution is 5.85. The molecule has 0 aliphatic carbocycles. The summed E-state index contributed by atoms with van der Waals surface area (Å²) in [6.45, 7) is 2.63. The van der Waals surface area contributed by atoms with Gasteiger partial charge in [-0.15, -0.1) is 0 Å². The summed E-state index contributed by atoms with van der Waals surface area (Å²) in [7, 11) is 3.78. The van der Waals surface area contributed by atoms with Gasteiger partial charge in [0.15, 0.2) is 5.75 Å². The van der Waals surface area contributed by atoms with Gasteiger partial charge in [-0.3, -0.25) is 0 Å². The molecule has 0 saturated heterocycles. The summed E-state index contributed by atoms with van der Waals surface area (Å²) in [6.07, 6.45) is 2.05. The summed E-state index contributed by atoms with van der Waals surface area (Å²) >= 11 is 0. The van der Waals surface area contributed by atoms with Gasteiger partial charge in [-0.1, -0.05) is 30.3 Å². The second-order valence-corrected chi connectivity index (χ2v) is 6.42. The highest BCUT2D eigenvalue weighted by Crippen LogP contribution is 2.41. The van der Waals surface area contributed by atoms with Crippen molar-refractivity contribution in [1.29, 1.82) is 0 Å². The molecule has 1 unspecified atom stereocenters. The predicted octanol–water partition coefficient (Wildman–Crippen LogP) is 4.09. The standard InChI is InChI=1S/C20H22N2O2/c1-13-21-19-17(22(13)2)11-15(12-23-3)16-9-10-18(24-20(16)19)14-7-5-4-6-8-14/h4-8,11,18H,9-10,12H2,1-3H3. The van der Waals surface area contributed by atoms with E-state index in [2.05, 4.69) is 34.9 Å². The molecule has 1 atom stereocenters. The van der Waals surface area contributed by atoms with Crippen molar-refractivity contribution in [2.45, 2.75) is 32.5 Å². The molecule has 124 valence electrons. The minimum Gasteiger partial charge on any atom is -0.483 e. The number of imidazole rings is 1. The number of rotatable bonds is 3. The number of aromatic nitrogens is 2. The molecular weight excluding hydrogens is 300 g/mol. The molecule has 1 aliphatic heterocycles. The van der Waals surface area contributed by atoms with E-state index in [-0.39, 0.29) is 6.10 Å². The first-order valence-corrected chi connectivity index (χ1v) is 8.37. The highest BCUT2D eigenvalue weighted by Gasteiger charge is 2.27. The van der Waals surface area contributed by atoms with Crippen LogP contribution in [0.4, 0.5) is 0 Å². The summed E-state index contributed by atoms with van der Waals surface area (Å²) in [5.41, 5.74) is 5.74. The molecule has 4 nitrogen and oxygen atoms in total. The Hall–Kier alpha value is -2.33. The third kappa shape index (κ3) is 2.38. The molecule has 0 saturated carbocycles. The van der Waals surface area contributed by atoms with E-state index in [9.17, 15) is 0 Å². The van der Waals surface area contributed by atoms with Gasteiger partial charge < -0.3 is 14.0 Å². The van der Waals surface area contributed by atoms with Crippen LogP contribution in [-0.2, 0) is 24.8 Å². The van der Waals surface area contributed by atoms with E-state index in [0.29, 0.717) is 6.61 Å². The van der Waals surface area contributed by atoms with Crippen LogP contribution in [-0.4, -0.2) is 16.7 Å². The monoisotopic (exact) mass is 322 g/mol. The number of ether oxygens (including phenoxy) is 2. The van der Waals surface area contributed by atoms with E-state index in [0.717, 1.165) is 35.4 Å². The average molecular weight is 322 g/mol. The zero-order chi connectivity index (χ0) is 16.7. The first-order valence-electron chi connectivity index (χ1n) is 8.37. The second kappa shape index (κ2) is 5.95. The van der Waals surface area contributed by atoms with Crippen LogP contribution in [0.1, 0.15) is 35.0 Å². The maximum atomic E-state index is 6.46. The molecule has 1 aromatic heterocycles. The van der Waals surface area contributed by atoms with Gasteiger partial charge in [0.1, 0.15) is 17.4 Å². The third-order valence-corrected chi connectivity index (χ3v) is 4.94. The van der Waals surface area contributed by atoms with Gasteiger partial charge >= 0.3 is 0 Å². The van der Waals surface area contributed by atoms with Crippen LogP contribution in [0.2, 0.25) is 0 Å². The summed E-state index contributed by atoms with van der Waals surface area (Å²) in [6, 6.07) is 12.6. The van der Waals surface area contributed by atoms with Gasteiger partial charge in [0.2, 0.25) is 0 Å². The minimum absolute atomic E-state index is 0.0852. The lowest BCUT2D eigenvalue weighted by Crippen LogP contribution is -2.17. The third-order valence-electron chi connectivity index (χ3n) is 4.94. The number of methoxy groups -OCH3 is 1. The molecule has 2 heterocycles. The minimum atomic E-state index is 0.0852. The molecule has 0 fully saturated rings. The van der Waals surface area contributed by atoms with E-state index >= 15 is 0 Å². The fraction of sp³-hybridized carbons (Fsp3) is 0.350. The smallest absolute Gasteiger partial charge is 0.151 e. The van der Waals surface area contributed by atoms with Crippen LogP contribution in [0, 0.1) is 6.92 Å². The zero-order valence-electron chi connectivity index (χ0n) is 14.4. The van der Waals surface area contributed by atoms with Gasteiger partial charge in [0.05, 0.1) is 12.1 Å². The molecule has 0 amide bonds. The molecule has 4 rings (SSSR count). The van der Waals surface area contributed by atoms with E-state index in [4.69, 9.17) is 14.5 Å². The molecule has 2 aromatic carbocycles. The van der Waals surface area contributed by atoms with Crippen molar-refractivity contribution in [3.05, 3.63) is 58.9 Å². The lowest BCUT2D eigenvalue weighted by Gasteiger charge is -2.28. The van der Waals surface area contributed by atoms with Crippen LogP contribution >= 0.6 is 0 Å². The highest BCUT2D eigenvalue weighted by atomic mass is 16.5. The number of nitrogens with zero attached hydrogens (tertiary/aromatic N) is 2. The van der Waals surface area contributed by atoms with E-state index < -0.39 is 0 Å². The van der Waals surface area contributed by atoms with E-state index in [1.807, 2.05) is 20.0 Å². The molecule has 0 spiro atoms. The Labute approximate surface area is 142 Å². The largest absolute Gasteiger partial charge is 0.483 e. The Bertz CT molecular complexity index is 884. The Kier molecular flexibility index (Phi) is 3.77. The first-order chi connectivity index (χ1) is 11.7. The van der Waals surface area contributed by atoms with Crippen LogP contribution in [0.3, 0.4) is 0 Å². The Morgan fingerprint density at radius 1 is 1.29 bits per heavy atom. The fourth-order valence-electron chi connectivity index (χ4n) is 3.56. The van der Waals surface area contributed by atoms with Crippen molar-refractivity contribution in [3.63, 3.8) is 0 Å². The van der Waals surface area contributed by atoms with Crippen molar-refractivity contribution in [3.8, 4) is 5.75 Å². The average Bonchev–Trinajstić information content (AvgIpc) is 2.91. The first kappa shape index (κ1) is 15.2. The summed E-state index contributed by atoms with van der Waals surface area (Å²) < 4.78 is 14.0. The van der Waals surface area contributed by atoms with Crippen molar-refractivity contribution in [2.24, 2.45) is 7.05 Å². The van der Waals surface area contributed by atoms with Crippen LogP contribution in [0.5, 0.6) is 5.75 Å². The predicted molar refractivity (Wildman–Crippen MR) is 94.3 cm³/mol. The Morgan fingerprint density at radius 2 is 2.08 bits per heavy atom. The van der Waals surface area contributed by atoms with Gasteiger partial charge in [-0.25, -0.2) is 4.98 Å². The number of benzene rings is 2. The maximum absolute atomic E-state index is 6.46. The van der Waals surface area contributed by atoms with Crippen molar-refractivity contribution in [1.82, 2.24) is 9.55 Å². The van der Waals surface area contributed by atoms with Gasteiger partial charge in [0.25, 0.3) is 0 Å². The Balaban J connectivity index is 1.86. The van der Waals surface area contributed by atoms with Gasteiger partial charge in [0, 0.05) is 19.7 Å². The number of hydrogen-bond acceptors (Lipinski definition) is 3. The quantitative estimate of drug-likeness (QED) is 0.728. The lowest BCUT2D eigenvalue weighted by molar-refractivity contribution is 0.168. The maximum Gasteiger partial charge on any atom is 0.151 e. The van der Waals surface area contributed by atoms with E-state index in [1.165, 1.54) is 16.7 Å². The van der Waals surface area contributed by atoms with Crippen LogP contribution < -0.4 is 4.74 Å². The van der Waals surface area contributed by atoms with Crippen molar-refractivity contribution < 1.29 is 9.47 Å². The molecule has 1 aliphatic rings. The van der Waals surface area contributed by atoms with E-state index in [1.54, 1.807) is 7.11 Å². The molecule has 0 N–H and O–H groups in total. The molecule has 3 aromatic rings. The normalized spacial score (nSPS) is 16.9. The second-order valence-electron chi connectivity index (χ2n) is 6.42. The Morgan fingerprint density at radius 3 is 2.83 bits per heavy atom. The summed E-state index contributed by atoms with van der Waals surface area (Å²) in [5.74, 6) is 1.93.